The summed E-state index contributed by atoms with van der Waals surface area (Å²) in [4.78, 5) is 13.2. The van der Waals surface area contributed by atoms with Crippen molar-refractivity contribution in [2.45, 2.75) is 18.4 Å². The largest absolute Gasteiger partial charge is 0.308 e. The highest BCUT2D eigenvalue weighted by molar-refractivity contribution is 7.90. The lowest BCUT2D eigenvalue weighted by Crippen LogP contribution is -2.22. The van der Waals surface area contributed by atoms with Crippen molar-refractivity contribution >= 4 is 37.4 Å². The van der Waals surface area contributed by atoms with Gasteiger partial charge in [-0.1, -0.05) is 71.5 Å². The van der Waals surface area contributed by atoms with Gasteiger partial charge in [0.1, 0.15) is 0 Å². The van der Waals surface area contributed by atoms with Crippen molar-refractivity contribution in [2.75, 3.05) is 0 Å². The second-order valence-corrected chi connectivity index (χ2v) is 9.22. The van der Waals surface area contributed by atoms with Crippen LogP contribution < -0.4 is 4.80 Å². The minimum atomic E-state index is -3.89. The third-order valence-electron chi connectivity index (χ3n) is 4.50. The Morgan fingerprint density at radius 2 is 1.59 bits per heavy atom. The maximum atomic E-state index is 12.8. The molecule has 0 N–H and O–H groups in total. The van der Waals surface area contributed by atoms with E-state index in [-0.39, 0.29) is 22.0 Å². The van der Waals surface area contributed by atoms with Gasteiger partial charge in [-0.3, -0.25) is 4.79 Å². The Balaban J connectivity index is 1.83. The smallest absolute Gasteiger partial charge is 0.285 e. The van der Waals surface area contributed by atoms with E-state index in [2.05, 4.69) is 4.40 Å². The van der Waals surface area contributed by atoms with Crippen LogP contribution in [0, 0.1) is 6.92 Å². The zero-order valence-corrected chi connectivity index (χ0v) is 17.3. The van der Waals surface area contributed by atoms with Crippen molar-refractivity contribution < 1.29 is 13.2 Å². The van der Waals surface area contributed by atoms with Gasteiger partial charge in [-0.15, -0.1) is 4.40 Å². The fourth-order valence-electron chi connectivity index (χ4n) is 2.97. The van der Waals surface area contributed by atoms with E-state index in [0.717, 1.165) is 15.8 Å². The van der Waals surface area contributed by atoms with Crippen LogP contribution in [0.1, 0.15) is 15.9 Å². The van der Waals surface area contributed by atoms with E-state index in [0.29, 0.717) is 5.56 Å². The quantitative estimate of drug-likeness (QED) is 0.453. The molecule has 0 aliphatic carbocycles. The van der Waals surface area contributed by atoms with Crippen molar-refractivity contribution in [3.05, 3.63) is 94.8 Å². The fourth-order valence-corrected chi connectivity index (χ4v) is 5.22. The molecule has 4 aromatic rings. The topological polar surface area (TPSA) is 68.5 Å². The predicted octanol–water partition coefficient (Wildman–Crippen LogP) is 4.18. The third kappa shape index (κ3) is 4.06. The summed E-state index contributed by atoms with van der Waals surface area (Å²) < 4.78 is 32.1. The van der Waals surface area contributed by atoms with Gasteiger partial charge in [-0.25, -0.2) is 0 Å². The van der Waals surface area contributed by atoms with Gasteiger partial charge in [0, 0.05) is 5.56 Å². The molecule has 0 bridgehead atoms. The number of Topliss-reactive ketones (excluding diaryl/α,β-unsaturated/α-hetero) is 1. The minimum absolute atomic E-state index is 0.0101. The number of carbonyl (C=O) groups excluding carboxylic acids is 1. The molecular formula is C22H18N2O3S2. The molecule has 7 heteroatoms. The molecule has 0 spiro atoms. The molecule has 29 heavy (non-hydrogen) atoms. The summed E-state index contributed by atoms with van der Waals surface area (Å²) in [5.74, 6) is -0.105. The Bertz CT molecular complexity index is 1350. The van der Waals surface area contributed by atoms with E-state index in [1.807, 2.05) is 43.3 Å². The van der Waals surface area contributed by atoms with E-state index in [1.165, 1.54) is 23.5 Å². The summed E-state index contributed by atoms with van der Waals surface area (Å²) in [7, 11) is -3.89. The van der Waals surface area contributed by atoms with E-state index >= 15 is 0 Å². The third-order valence-corrected chi connectivity index (χ3v) is 6.96. The lowest BCUT2D eigenvalue weighted by atomic mass is 10.1. The van der Waals surface area contributed by atoms with E-state index in [9.17, 15) is 13.2 Å². The molecule has 3 aromatic carbocycles. The molecule has 4 rings (SSSR count). The highest BCUT2D eigenvalue weighted by atomic mass is 32.2. The number of aryl methyl sites for hydroxylation is 1. The van der Waals surface area contributed by atoms with Crippen molar-refractivity contribution in [3.8, 4) is 0 Å². The van der Waals surface area contributed by atoms with Gasteiger partial charge < -0.3 is 4.57 Å². The average molecular weight is 423 g/mol. The maximum Gasteiger partial charge on any atom is 0.285 e. The van der Waals surface area contributed by atoms with Crippen LogP contribution in [-0.2, 0) is 16.6 Å². The first-order chi connectivity index (χ1) is 13.9. The molecule has 0 fully saturated rings. The monoisotopic (exact) mass is 422 g/mol. The van der Waals surface area contributed by atoms with Crippen LogP contribution in [0.4, 0.5) is 0 Å². The Morgan fingerprint density at radius 1 is 0.931 bits per heavy atom. The van der Waals surface area contributed by atoms with Gasteiger partial charge in [-0.05, 0) is 31.2 Å². The molecule has 0 aliphatic rings. The number of hydrogen-bond donors (Lipinski definition) is 0. The molecule has 0 amide bonds. The molecule has 0 aliphatic heterocycles. The summed E-state index contributed by atoms with van der Waals surface area (Å²) in [6.07, 6.45) is 0. The second-order valence-electron chi connectivity index (χ2n) is 6.61. The number of aromatic nitrogens is 1. The number of nitrogens with zero attached hydrogens (tertiary/aromatic N) is 2. The summed E-state index contributed by atoms with van der Waals surface area (Å²) in [6.45, 7) is 1.97. The van der Waals surface area contributed by atoms with Gasteiger partial charge in [0.15, 0.2) is 5.78 Å². The SMILES string of the molecule is Cc1ccc(C(=O)Cn2/c(=N/S(=O)(=O)c3ccccc3)sc3ccccc32)cc1. The normalized spacial score (nSPS) is 12.4. The maximum absolute atomic E-state index is 12.8. The number of thiazole rings is 1. The van der Waals surface area contributed by atoms with Crippen LogP contribution in [0.2, 0.25) is 0 Å². The zero-order valence-electron chi connectivity index (χ0n) is 15.6. The Morgan fingerprint density at radius 3 is 2.31 bits per heavy atom. The van der Waals surface area contributed by atoms with Crippen LogP contribution in [0.25, 0.3) is 10.2 Å². The fraction of sp³-hybridized carbons (Fsp3) is 0.0909. The highest BCUT2D eigenvalue weighted by Gasteiger charge is 2.16. The van der Waals surface area contributed by atoms with Crippen molar-refractivity contribution in [1.29, 1.82) is 0 Å². The summed E-state index contributed by atoms with van der Waals surface area (Å²) in [5.41, 5.74) is 2.43. The number of sulfonamides is 1. The van der Waals surface area contributed by atoms with Gasteiger partial charge in [0.25, 0.3) is 10.0 Å². The number of carbonyl (C=O) groups is 1. The van der Waals surface area contributed by atoms with E-state index < -0.39 is 10.0 Å². The van der Waals surface area contributed by atoms with Crippen LogP contribution in [0.15, 0.2) is 88.2 Å². The molecule has 0 radical (unpaired) electrons. The summed E-state index contributed by atoms with van der Waals surface area (Å²) in [6, 6.07) is 22.9. The lowest BCUT2D eigenvalue weighted by molar-refractivity contribution is 0.0972. The zero-order chi connectivity index (χ0) is 20.4. The number of ketones is 1. The molecule has 5 nitrogen and oxygen atoms in total. The highest BCUT2D eigenvalue weighted by Crippen LogP contribution is 2.19. The lowest BCUT2D eigenvalue weighted by Gasteiger charge is -2.06. The number of hydrogen-bond acceptors (Lipinski definition) is 4. The summed E-state index contributed by atoms with van der Waals surface area (Å²) in [5, 5.41) is 0. The first kappa shape index (κ1) is 19.3. The van der Waals surface area contributed by atoms with E-state index in [1.54, 1.807) is 34.9 Å². The van der Waals surface area contributed by atoms with Crippen molar-refractivity contribution in [2.24, 2.45) is 4.40 Å². The van der Waals surface area contributed by atoms with E-state index in [4.69, 9.17) is 0 Å². The van der Waals surface area contributed by atoms with Crippen LogP contribution >= 0.6 is 11.3 Å². The molecule has 0 saturated heterocycles. The van der Waals surface area contributed by atoms with Crippen molar-refractivity contribution in [1.82, 2.24) is 4.57 Å². The molecule has 0 unspecified atom stereocenters. The molecule has 0 saturated carbocycles. The van der Waals surface area contributed by atoms with Crippen LogP contribution in [0.5, 0.6) is 0 Å². The average Bonchev–Trinajstić information content (AvgIpc) is 3.05. The van der Waals surface area contributed by atoms with Crippen LogP contribution in [0.3, 0.4) is 0 Å². The van der Waals surface area contributed by atoms with Gasteiger partial charge in [0.05, 0.1) is 21.7 Å². The Hall–Kier alpha value is -3.03. The molecule has 0 atom stereocenters. The molecule has 1 aromatic heterocycles. The first-order valence-electron chi connectivity index (χ1n) is 8.98. The summed E-state index contributed by atoms with van der Waals surface area (Å²) >= 11 is 1.25. The van der Waals surface area contributed by atoms with Crippen LogP contribution in [-0.4, -0.2) is 18.8 Å². The number of rotatable bonds is 5. The standard InChI is InChI=1S/C22H18N2O3S2/c1-16-11-13-17(14-12-16)20(25)15-24-19-9-5-6-10-21(19)28-22(24)23-29(26,27)18-7-3-2-4-8-18/h2-14H,15H2,1H3/b23-22-. The van der Waals surface area contributed by atoms with Gasteiger partial charge in [0.2, 0.25) is 4.80 Å². The van der Waals surface area contributed by atoms with Crippen molar-refractivity contribution in [3.63, 3.8) is 0 Å². The molecule has 1 heterocycles. The predicted molar refractivity (Wildman–Crippen MR) is 115 cm³/mol. The number of benzene rings is 3. The Labute approximate surface area is 172 Å². The molecule has 146 valence electrons. The van der Waals surface area contributed by atoms with Gasteiger partial charge in [-0.2, -0.15) is 8.42 Å². The minimum Gasteiger partial charge on any atom is -0.308 e. The van der Waals surface area contributed by atoms with Gasteiger partial charge >= 0.3 is 0 Å². The molecular weight excluding hydrogens is 404 g/mol. The first-order valence-corrected chi connectivity index (χ1v) is 11.2. The Kier molecular flexibility index (Phi) is 5.17. The second kappa shape index (κ2) is 7.77. The number of fused-ring (bicyclic) bond motifs is 1. The number of para-hydroxylation sites is 1.